The standard InChI is InChI=1S/C8H10O.CH2.2ClH.FH.Ti/c1-6-3-7(2)5-8(9)4-6;;;;;/h3-5,9H,1-2H3;1H2;3*1H;/q;;;;;+1/p-1. The van der Waals surface area contributed by atoms with Crippen LogP contribution in [0.4, 0.5) is 3.09 Å². The van der Waals surface area contributed by atoms with Crippen molar-refractivity contribution >= 4 is 29.6 Å². The van der Waals surface area contributed by atoms with Crippen LogP contribution in [0, 0.1) is 13.8 Å². The number of hydrogen-bond acceptors (Lipinski definition) is 1. The first-order valence-electron chi connectivity index (χ1n) is 3.50. The predicted octanol–water partition coefficient (Wildman–Crippen LogP) is 3.24. The molecule has 1 rings (SSSR count). The SMILES string of the molecule is Cc1cc(C)cc(O)c1.Cl.Cl.[CH2]=[Ti][F]. The van der Waals surface area contributed by atoms with Crippen molar-refractivity contribution in [3.63, 3.8) is 0 Å². The van der Waals surface area contributed by atoms with E-state index >= 15 is 0 Å². The Bertz CT molecular complexity index is 219. The Labute approximate surface area is 106 Å². The molecular weight excluding hydrogens is 262 g/mol. The maximum absolute atomic E-state index is 10.3. The van der Waals surface area contributed by atoms with E-state index in [-0.39, 0.29) is 24.8 Å². The Morgan fingerprint density at radius 3 is 1.64 bits per heavy atom. The van der Waals surface area contributed by atoms with Crippen molar-refractivity contribution in [1.29, 1.82) is 0 Å². The molecule has 0 heterocycles. The summed E-state index contributed by atoms with van der Waals surface area (Å²) in [5, 5.41) is 8.99. The zero-order valence-electron chi connectivity index (χ0n) is 8.08. The van der Waals surface area contributed by atoms with E-state index in [9.17, 15) is 3.09 Å². The van der Waals surface area contributed by atoms with Crippen molar-refractivity contribution in [3.8, 4) is 5.75 Å². The molecule has 1 N–H and O–H groups in total. The first kappa shape index (κ1) is 19.7. The van der Waals surface area contributed by atoms with E-state index in [1.165, 1.54) is 0 Å². The summed E-state index contributed by atoms with van der Waals surface area (Å²) in [6.07, 6.45) is 0. The molecule has 1 nitrogen and oxygen atoms in total. The van der Waals surface area contributed by atoms with Crippen LogP contribution < -0.4 is 0 Å². The van der Waals surface area contributed by atoms with E-state index in [0.29, 0.717) is 5.75 Å². The number of phenols is 1. The van der Waals surface area contributed by atoms with Gasteiger partial charge in [-0.05, 0) is 37.1 Å². The van der Waals surface area contributed by atoms with Gasteiger partial charge in [-0.25, -0.2) is 0 Å². The second kappa shape index (κ2) is 11.2. The molecule has 0 saturated carbocycles. The number of rotatable bonds is 0. The summed E-state index contributed by atoms with van der Waals surface area (Å²) < 4.78 is 10.3. The molecule has 0 bridgehead atoms. The second-order valence-corrected chi connectivity index (χ2v) is 2.90. The average Bonchev–Trinajstić information content (AvgIpc) is 1.84. The van der Waals surface area contributed by atoms with Gasteiger partial charge < -0.3 is 5.11 Å². The fourth-order valence-electron chi connectivity index (χ4n) is 0.951. The van der Waals surface area contributed by atoms with E-state index in [0.717, 1.165) is 11.1 Å². The van der Waals surface area contributed by atoms with Crippen LogP contribution in [0.15, 0.2) is 18.2 Å². The summed E-state index contributed by atoms with van der Waals surface area (Å²) in [6.45, 7) is 3.93. The molecule has 0 fully saturated rings. The van der Waals surface area contributed by atoms with Crippen molar-refractivity contribution in [2.24, 2.45) is 0 Å². The van der Waals surface area contributed by atoms with Crippen molar-refractivity contribution in [2.75, 3.05) is 0 Å². The van der Waals surface area contributed by atoms with Gasteiger partial charge in [0.15, 0.2) is 0 Å². The zero-order chi connectivity index (χ0) is 9.56. The molecule has 0 aliphatic rings. The molecule has 0 aliphatic heterocycles. The Kier molecular flexibility index (Phi) is 15.7. The molecule has 5 heteroatoms. The first-order chi connectivity index (χ1) is 5.60. The molecule has 0 atom stereocenters. The third-order valence-corrected chi connectivity index (χ3v) is 1.21. The second-order valence-electron chi connectivity index (χ2n) is 2.48. The molecule has 14 heavy (non-hydrogen) atoms. The summed E-state index contributed by atoms with van der Waals surface area (Å²) in [5.74, 6) is 0.354. The third kappa shape index (κ3) is 10.2. The van der Waals surface area contributed by atoms with Gasteiger partial charge in [0.1, 0.15) is 5.75 Å². The van der Waals surface area contributed by atoms with Crippen LogP contribution >= 0.6 is 24.8 Å². The maximum atomic E-state index is 10.3. The number of phenolic OH excluding ortho intramolecular Hbond substituents is 1. The van der Waals surface area contributed by atoms with Crippen molar-refractivity contribution < 1.29 is 27.4 Å². The fraction of sp³-hybridized carbons (Fsp3) is 0.222. The summed E-state index contributed by atoms with van der Waals surface area (Å²) in [5.41, 5.74) is 2.21. The van der Waals surface area contributed by atoms with E-state index in [4.69, 9.17) is 5.11 Å². The van der Waals surface area contributed by atoms with Gasteiger partial charge in [-0.1, -0.05) is 6.07 Å². The third-order valence-electron chi connectivity index (χ3n) is 1.21. The minimum absolute atomic E-state index is 0. The quantitative estimate of drug-likeness (QED) is 0.721. The van der Waals surface area contributed by atoms with E-state index < -0.39 is 19.2 Å². The van der Waals surface area contributed by atoms with Gasteiger partial charge in [-0.3, -0.25) is 0 Å². The molecule has 1 aromatic rings. The van der Waals surface area contributed by atoms with Crippen LogP contribution in [-0.4, -0.2) is 9.92 Å². The molecule has 0 radical (unpaired) electrons. The molecule has 0 saturated heterocycles. The van der Waals surface area contributed by atoms with Crippen molar-refractivity contribution in [3.05, 3.63) is 29.3 Å². The van der Waals surface area contributed by atoms with Gasteiger partial charge in [0.25, 0.3) is 0 Å². The first-order valence-corrected chi connectivity index (χ1v) is 5.19. The number of benzene rings is 1. The molecule has 81 valence electrons. The van der Waals surface area contributed by atoms with Crippen LogP contribution in [0.3, 0.4) is 0 Å². The molecule has 1 aromatic carbocycles. The van der Waals surface area contributed by atoms with Crippen LogP contribution in [0.5, 0.6) is 5.75 Å². The van der Waals surface area contributed by atoms with Crippen LogP contribution in [0.1, 0.15) is 11.1 Å². The molecule has 0 aliphatic carbocycles. The molecule has 0 aromatic heterocycles. The number of halogens is 3. The van der Waals surface area contributed by atoms with Gasteiger partial charge in [0, 0.05) is 0 Å². The normalized spacial score (nSPS) is 6.79. The monoisotopic (exact) mass is 275 g/mol. The Morgan fingerprint density at radius 2 is 1.43 bits per heavy atom. The van der Waals surface area contributed by atoms with Gasteiger partial charge in [0.05, 0.1) is 0 Å². The minimum atomic E-state index is -1.25. The van der Waals surface area contributed by atoms with Gasteiger partial charge in [-0.2, -0.15) is 0 Å². The van der Waals surface area contributed by atoms with Crippen molar-refractivity contribution in [2.45, 2.75) is 13.8 Å². The summed E-state index contributed by atoms with van der Waals surface area (Å²) in [4.78, 5) is 2.94. The van der Waals surface area contributed by atoms with Gasteiger partial charge >= 0.3 is 27.1 Å². The van der Waals surface area contributed by atoms with Crippen LogP contribution in [0.2, 0.25) is 0 Å². The summed E-state index contributed by atoms with van der Waals surface area (Å²) in [6, 6.07) is 5.51. The summed E-state index contributed by atoms with van der Waals surface area (Å²) in [7, 11) is 0. The van der Waals surface area contributed by atoms with Gasteiger partial charge in [-0.15, -0.1) is 24.8 Å². The Balaban J connectivity index is -0.000000218. The topological polar surface area (TPSA) is 20.2 Å². The number of aromatic hydroxyl groups is 1. The fourth-order valence-corrected chi connectivity index (χ4v) is 0.951. The average molecular weight is 276 g/mol. The van der Waals surface area contributed by atoms with E-state index in [2.05, 4.69) is 4.82 Å². The van der Waals surface area contributed by atoms with Crippen LogP contribution in [0.25, 0.3) is 0 Å². The Hall–Kier alpha value is 0.114. The molecular formula is C9H14Cl2FOTi. The molecule has 0 spiro atoms. The van der Waals surface area contributed by atoms with Gasteiger partial charge in [0.2, 0.25) is 0 Å². The summed E-state index contributed by atoms with van der Waals surface area (Å²) >= 11 is -1.25. The zero-order valence-corrected chi connectivity index (χ0v) is 11.3. The predicted molar refractivity (Wildman–Crippen MR) is 60.3 cm³/mol. The van der Waals surface area contributed by atoms with E-state index in [1.807, 2.05) is 19.9 Å². The number of hydrogen-bond donors (Lipinski definition) is 1. The Morgan fingerprint density at radius 1 is 1.14 bits per heavy atom. The van der Waals surface area contributed by atoms with Crippen molar-refractivity contribution in [1.82, 2.24) is 0 Å². The van der Waals surface area contributed by atoms with Crippen LogP contribution in [-0.2, 0) is 19.2 Å². The van der Waals surface area contributed by atoms with E-state index in [1.54, 1.807) is 12.1 Å². The molecule has 0 unspecified atom stereocenters. The molecule has 0 amide bonds. The number of aryl methyl sites for hydroxylation is 2.